The summed E-state index contributed by atoms with van der Waals surface area (Å²) in [5, 5.41) is 8.87. The first-order valence-corrected chi connectivity index (χ1v) is 7.40. The zero-order chi connectivity index (χ0) is 16.1. The summed E-state index contributed by atoms with van der Waals surface area (Å²) >= 11 is 1.40. The maximum Gasteiger partial charge on any atom is 0.338 e. The van der Waals surface area contributed by atoms with E-state index in [1.807, 2.05) is 0 Å². The summed E-state index contributed by atoms with van der Waals surface area (Å²) in [6.45, 7) is 2.05. The molecule has 0 spiro atoms. The van der Waals surface area contributed by atoms with Gasteiger partial charge < -0.3 is 15.6 Å². The van der Waals surface area contributed by atoms with Crippen molar-refractivity contribution in [3.8, 4) is 0 Å². The Morgan fingerprint density at radius 1 is 1.14 bits per heavy atom. The Hall–Kier alpha value is -2.47. The number of carboxylic acid groups (broad SMARTS) is 1. The molecule has 0 fully saturated rings. The van der Waals surface area contributed by atoms with Gasteiger partial charge in [-0.2, -0.15) is 0 Å². The van der Waals surface area contributed by atoms with Crippen molar-refractivity contribution in [2.45, 2.75) is 16.7 Å². The minimum atomic E-state index is -0.963. The molecule has 0 saturated carbocycles. The molecule has 0 heterocycles. The predicted molar refractivity (Wildman–Crippen MR) is 84.3 cm³/mol. The van der Waals surface area contributed by atoms with Crippen LogP contribution in [-0.2, 0) is 4.74 Å². The van der Waals surface area contributed by atoms with Gasteiger partial charge in [-0.15, -0.1) is 0 Å². The van der Waals surface area contributed by atoms with Crippen LogP contribution in [0.25, 0.3) is 0 Å². The van der Waals surface area contributed by atoms with Crippen molar-refractivity contribution >= 4 is 29.4 Å². The van der Waals surface area contributed by atoms with E-state index in [9.17, 15) is 9.59 Å². The zero-order valence-electron chi connectivity index (χ0n) is 11.9. The molecule has 0 aromatic heterocycles. The van der Waals surface area contributed by atoms with E-state index in [1.54, 1.807) is 37.3 Å². The van der Waals surface area contributed by atoms with Crippen LogP contribution in [-0.4, -0.2) is 23.7 Å². The molecule has 0 amide bonds. The van der Waals surface area contributed by atoms with Crippen molar-refractivity contribution < 1.29 is 19.4 Å². The van der Waals surface area contributed by atoms with Crippen molar-refractivity contribution in [1.82, 2.24) is 0 Å². The summed E-state index contributed by atoms with van der Waals surface area (Å²) in [5.74, 6) is -1.37. The Morgan fingerprint density at radius 3 is 2.32 bits per heavy atom. The van der Waals surface area contributed by atoms with Crippen LogP contribution in [0.1, 0.15) is 27.6 Å². The second kappa shape index (κ2) is 7.00. The number of esters is 1. The average molecular weight is 317 g/mol. The van der Waals surface area contributed by atoms with Crippen molar-refractivity contribution in [2.24, 2.45) is 0 Å². The zero-order valence-corrected chi connectivity index (χ0v) is 12.7. The molecule has 5 nitrogen and oxygen atoms in total. The summed E-state index contributed by atoms with van der Waals surface area (Å²) in [6.07, 6.45) is 0. The molecule has 0 unspecified atom stereocenters. The number of aromatic carboxylic acids is 1. The van der Waals surface area contributed by atoms with Gasteiger partial charge in [-0.25, -0.2) is 9.59 Å². The van der Waals surface area contributed by atoms with Gasteiger partial charge in [-0.1, -0.05) is 11.8 Å². The number of hydrogen-bond donors (Lipinski definition) is 2. The van der Waals surface area contributed by atoms with E-state index >= 15 is 0 Å². The molecule has 22 heavy (non-hydrogen) atoms. The van der Waals surface area contributed by atoms with E-state index in [0.717, 1.165) is 9.79 Å². The van der Waals surface area contributed by atoms with Crippen LogP contribution < -0.4 is 5.73 Å². The predicted octanol–water partition coefficient (Wildman–Crippen LogP) is 3.29. The topological polar surface area (TPSA) is 89.6 Å². The highest BCUT2D eigenvalue weighted by molar-refractivity contribution is 7.99. The van der Waals surface area contributed by atoms with Crippen LogP contribution >= 0.6 is 11.8 Å². The highest BCUT2D eigenvalue weighted by Gasteiger charge is 2.10. The maximum absolute atomic E-state index is 11.6. The third-order valence-corrected chi connectivity index (χ3v) is 3.95. The summed E-state index contributed by atoms with van der Waals surface area (Å²) in [6, 6.07) is 11.5. The van der Waals surface area contributed by atoms with Crippen LogP contribution in [0.15, 0.2) is 52.3 Å². The van der Waals surface area contributed by atoms with Crippen LogP contribution in [0.2, 0.25) is 0 Å². The van der Waals surface area contributed by atoms with Crippen molar-refractivity contribution in [1.29, 1.82) is 0 Å². The van der Waals surface area contributed by atoms with Gasteiger partial charge in [0.2, 0.25) is 0 Å². The number of hydrogen-bond acceptors (Lipinski definition) is 5. The van der Waals surface area contributed by atoms with E-state index in [2.05, 4.69) is 0 Å². The monoisotopic (exact) mass is 317 g/mol. The first kappa shape index (κ1) is 15.9. The fourth-order valence-corrected chi connectivity index (χ4v) is 2.61. The molecule has 6 heteroatoms. The first-order valence-electron chi connectivity index (χ1n) is 6.59. The third kappa shape index (κ3) is 3.79. The Morgan fingerprint density at radius 2 is 1.77 bits per heavy atom. The van der Waals surface area contributed by atoms with Crippen LogP contribution in [0, 0.1) is 0 Å². The number of ether oxygens (including phenoxy) is 1. The molecule has 2 rings (SSSR count). The minimum Gasteiger partial charge on any atom is -0.478 e. The van der Waals surface area contributed by atoms with Gasteiger partial charge in [0, 0.05) is 15.5 Å². The van der Waals surface area contributed by atoms with Crippen LogP contribution in [0.5, 0.6) is 0 Å². The molecular formula is C16H15NO4S. The number of anilines is 1. The van der Waals surface area contributed by atoms with E-state index < -0.39 is 11.9 Å². The van der Waals surface area contributed by atoms with Gasteiger partial charge in [0.1, 0.15) is 0 Å². The number of carbonyl (C=O) groups excluding carboxylic acids is 1. The summed E-state index contributed by atoms with van der Waals surface area (Å²) in [5.41, 5.74) is 7.07. The molecule has 0 radical (unpaired) electrons. The van der Waals surface area contributed by atoms with Gasteiger partial charge in [-0.3, -0.25) is 0 Å². The molecule has 0 atom stereocenters. The highest BCUT2D eigenvalue weighted by atomic mass is 32.2. The fourth-order valence-electron chi connectivity index (χ4n) is 1.78. The van der Waals surface area contributed by atoms with Gasteiger partial charge in [0.25, 0.3) is 0 Å². The molecule has 0 bridgehead atoms. The molecule has 3 N–H and O–H groups in total. The highest BCUT2D eigenvalue weighted by Crippen LogP contribution is 2.32. The van der Waals surface area contributed by atoms with Crippen LogP contribution in [0.3, 0.4) is 0 Å². The van der Waals surface area contributed by atoms with Gasteiger partial charge in [0.15, 0.2) is 0 Å². The SMILES string of the molecule is CCOC(=O)c1ccc(Sc2ccc(C(=O)O)cc2)c(N)c1. The Labute approximate surface area is 132 Å². The van der Waals surface area contributed by atoms with E-state index in [4.69, 9.17) is 15.6 Å². The molecule has 0 aliphatic heterocycles. The molecule has 0 aliphatic rings. The lowest BCUT2D eigenvalue weighted by Crippen LogP contribution is -2.05. The van der Waals surface area contributed by atoms with E-state index in [0.29, 0.717) is 17.9 Å². The van der Waals surface area contributed by atoms with E-state index in [1.165, 1.54) is 23.9 Å². The Bertz CT molecular complexity index is 698. The van der Waals surface area contributed by atoms with E-state index in [-0.39, 0.29) is 5.56 Å². The quantitative estimate of drug-likeness (QED) is 0.649. The number of rotatable bonds is 5. The summed E-state index contributed by atoms with van der Waals surface area (Å²) in [4.78, 5) is 24.1. The number of carboxylic acids is 1. The lowest BCUT2D eigenvalue weighted by molar-refractivity contribution is 0.0525. The second-order valence-electron chi connectivity index (χ2n) is 4.40. The van der Waals surface area contributed by atoms with Crippen molar-refractivity contribution in [2.75, 3.05) is 12.3 Å². The standard InChI is InChI=1S/C16H15NO4S/c1-2-21-16(20)11-5-8-14(13(17)9-11)22-12-6-3-10(4-7-12)15(18)19/h3-9H,2,17H2,1H3,(H,18,19). The second-order valence-corrected chi connectivity index (χ2v) is 5.52. The third-order valence-electron chi connectivity index (χ3n) is 2.85. The lowest BCUT2D eigenvalue weighted by Gasteiger charge is -2.08. The number of nitrogens with two attached hydrogens (primary N) is 1. The Kier molecular flexibility index (Phi) is 5.06. The number of nitrogen functional groups attached to an aromatic ring is 1. The molecular weight excluding hydrogens is 302 g/mol. The molecule has 2 aromatic rings. The largest absolute Gasteiger partial charge is 0.478 e. The molecule has 114 valence electrons. The maximum atomic E-state index is 11.6. The summed E-state index contributed by atoms with van der Waals surface area (Å²) in [7, 11) is 0. The number of carbonyl (C=O) groups is 2. The first-order chi connectivity index (χ1) is 10.5. The van der Waals surface area contributed by atoms with Crippen molar-refractivity contribution in [3.05, 3.63) is 53.6 Å². The number of benzene rings is 2. The van der Waals surface area contributed by atoms with Gasteiger partial charge in [0.05, 0.1) is 17.7 Å². The van der Waals surface area contributed by atoms with Gasteiger partial charge >= 0.3 is 11.9 Å². The Balaban J connectivity index is 2.16. The molecule has 0 saturated heterocycles. The lowest BCUT2D eigenvalue weighted by atomic mass is 10.2. The normalized spacial score (nSPS) is 10.2. The van der Waals surface area contributed by atoms with Crippen molar-refractivity contribution in [3.63, 3.8) is 0 Å². The smallest absolute Gasteiger partial charge is 0.338 e. The average Bonchev–Trinajstić information content (AvgIpc) is 2.50. The minimum absolute atomic E-state index is 0.231. The molecule has 2 aromatic carbocycles. The molecule has 0 aliphatic carbocycles. The van der Waals surface area contributed by atoms with Gasteiger partial charge in [-0.05, 0) is 49.4 Å². The fraction of sp³-hybridized carbons (Fsp3) is 0.125. The van der Waals surface area contributed by atoms with Crippen LogP contribution in [0.4, 0.5) is 5.69 Å². The summed E-state index contributed by atoms with van der Waals surface area (Å²) < 4.78 is 4.92.